The highest BCUT2D eigenvalue weighted by atomic mass is 80.0. The zero-order chi connectivity index (χ0) is 10.2. The minimum absolute atomic E-state index is 0.539. The maximum Gasteiger partial charge on any atom is 0.253 e. The molecule has 0 bridgehead atoms. The topological polar surface area (TPSA) is 60.2 Å². The SMILES string of the molecule is NC(=O)C(Br)(Br)C(=O)C(Br)(Br)Br. The highest BCUT2D eigenvalue weighted by molar-refractivity contribution is 9.40. The van der Waals surface area contributed by atoms with Crippen molar-refractivity contribution in [3.63, 3.8) is 0 Å². The van der Waals surface area contributed by atoms with Gasteiger partial charge in [0.05, 0.1) is 0 Å². The van der Waals surface area contributed by atoms with E-state index in [2.05, 4.69) is 79.6 Å². The molecule has 2 N–H and O–H groups in total. The van der Waals surface area contributed by atoms with Crippen LogP contribution in [0.1, 0.15) is 0 Å². The van der Waals surface area contributed by atoms with Crippen molar-refractivity contribution in [2.45, 2.75) is 5.38 Å². The smallest absolute Gasteiger partial charge is 0.253 e. The van der Waals surface area contributed by atoms with Crippen molar-refractivity contribution < 1.29 is 9.59 Å². The number of hydrogen-bond donors (Lipinski definition) is 1. The molecule has 0 aromatic heterocycles. The summed E-state index contributed by atoms with van der Waals surface area (Å²) >= 11 is 14.6. The van der Waals surface area contributed by atoms with Crippen molar-refractivity contribution in [3.8, 4) is 0 Å². The molecule has 0 aromatic rings. The highest BCUT2D eigenvalue weighted by Crippen LogP contribution is 2.43. The number of primary amides is 1. The second kappa shape index (κ2) is 4.37. The molecule has 0 atom stereocenters. The van der Waals surface area contributed by atoms with E-state index >= 15 is 0 Å². The van der Waals surface area contributed by atoms with Crippen molar-refractivity contribution >= 4 is 91.3 Å². The van der Waals surface area contributed by atoms with Crippen molar-refractivity contribution in [2.24, 2.45) is 5.73 Å². The van der Waals surface area contributed by atoms with Crippen LogP contribution in [-0.4, -0.2) is 17.1 Å². The third-order valence-corrected chi connectivity index (χ3v) is 3.43. The van der Waals surface area contributed by atoms with E-state index in [-0.39, 0.29) is 0 Å². The van der Waals surface area contributed by atoms with E-state index in [0.717, 1.165) is 0 Å². The molecule has 0 spiro atoms. The summed E-state index contributed by atoms with van der Waals surface area (Å²) in [4.78, 5) is 22.1. The first-order valence-corrected chi connectivity index (χ1v) is 6.36. The van der Waals surface area contributed by atoms with Gasteiger partial charge in [0.1, 0.15) is 0 Å². The van der Waals surface area contributed by atoms with Gasteiger partial charge in [0.25, 0.3) is 5.91 Å². The molecule has 0 unspecified atom stereocenters. The summed E-state index contributed by atoms with van der Waals surface area (Å²) in [7, 11) is 0. The lowest BCUT2D eigenvalue weighted by Gasteiger charge is -2.20. The van der Waals surface area contributed by atoms with Crippen molar-refractivity contribution in [1.82, 2.24) is 0 Å². The van der Waals surface area contributed by atoms with E-state index < -0.39 is 17.1 Å². The van der Waals surface area contributed by atoms with Gasteiger partial charge in [-0.25, -0.2) is 0 Å². The molecule has 0 heterocycles. The summed E-state index contributed by atoms with van der Waals surface area (Å²) in [5.41, 5.74) is 4.95. The van der Waals surface area contributed by atoms with Crippen LogP contribution in [0.15, 0.2) is 0 Å². The van der Waals surface area contributed by atoms with Gasteiger partial charge in [0.15, 0.2) is 2.14 Å². The number of carbonyl (C=O) groups excluding carboxylic acids is 2. The largest absolute Gasteiger partial charge is 0.367 e. The first kappa shape index (κ1) is 13.5. The van der Waals surface area contributed by atoms with E-state index in [9.17, 15) is 9.59 Å². The number of alkyl halides is 5. The molecule has 0 aliphatic heterocycles. The second-order valence-electron chi connectivity index (χ2n) is 1.77. The molecule has 0 aliphatic carbocycles. The van der Waals surface area contributed by atoms with Crippen molar-refractivity contribution in [2.75, 3.05) is 0 Å². The number of carbonyl (C=O) groups is 2. The molecule has 1 amide bonds. The number of halogens is 5. The van der Waals surface area contributed by atoms with Crippen LogP contribution in [0, 0.1) is 0 Å². The maximum atomic E-state index is 11.4. The van der Waals surface area contributed by atoms with Crippen molar-refractivity contribution in [1.29, 1.82) is 0 Å². The van der Waals surface area contributed by atoms with E-state index in [4.69, 9.17) is 5.73 Å². The average Bonchev–Trinajstić information content (AvgIpc) is 1.83. The predicted molar refractivity (Wildman–Crippen MR) is 64.3 cm³/mol. The molecule has 12 heavy (non-hydrogen) atoms. The standard InChI is InChI=1S/C4H2Br5NO2/c5-3(6,2(10)12)1(11)4(7,8)9/h(H2,10,12). The van der Waals surface area contributed by atoms with Gasteiger partial charge < -0.3 is 5.73 Å². The molecule has 70 valence electrons. The molecular weight excluding hydrogens is 494 g/mol. The summed E-state index contributed by atoms with van der Waals surface area (Å²) in [5, 5.41) is 0. The quantitative estimate of drug-likeness (QED) is 0.473. The average molecular weight is 496 g/mol. The Hall–Kier alpha value is 1.54. The zero-order valence-electron chi connectivity index (χ0n) is 5.28. The van der Waals surface area contributed by atoms with E-state index in [1.165, 1.54) is 0 Å². The number of nitrogens with two attached hydrogens (primary N) is 1. The molecule has 0 saturated heterocycles. The monoisotopic (exact) mass is 491 g/mol. The number of rotatable bonds is 2. The molecule has 0 radical (unpaired) electrons. The second-order valence-corrected chi connectivity index (χ2v) is 12.0. The van der Waals surface area contributed by atoms with Crippen LogP contribution < -0.4 is 5.73 Å². The molecule has 0 aromatic carbocycles. The number of hydrogen-bond acceptors (Lipinski definition) is 2. The molecular formula is C4H2Br5NO2. The number of Topliss-reactive ketones (excluding diaryl/α,β-unsaturated/α-hetero) is 1. The van der Waals surface area contributed by atoms with Gasteiger partial charge in [0.2, 0.25) is 9.02 Å². The third kappa shape index (κ3) is 3.36. The van der Waals surface area contributed by atoms with Gasteiger partial charge in [-0.15, -0.1) is 0 Å². The summed E-state index contributed by atoms with van der Waals surface area (Å²) in [6.07, 6.45) is 0. The maximum absolute atomic E-state index is 11.4. The van der Waals surface area contributed by atoms with Crippen LogP contribution in [-0.2, 0) is 9.59 Å². The van der Waals surface area contributed by atoms with Gasteiger partial charge in [-0.05, 0) is 0 Å². The molecule has 0 aliphatic rings. The normalized spacial score (nSPS) is 12.8. The van der Waals surface area contributed by atoms with Crippen molar-refractivity contribution in [3.05, 3.63) is 0 Å². The minimum Gasteiger partial charge on any atom is -0.367 e. The Morgan fingerprint density at radius 1 is 1.00 bits per heavy atom. The molecule has 0 fully saturated rings. The van der Waals surface area contributed by atoms with Crippen LogP contribution in [0.5, 0.6) is 0 Å². The fourth-order valence-electron chi connectivity index (χ4n) is 0.290. The number of ketones is 1. The highest BCUT2D eigenvalue weighted by Gasteiger charge is 2.48. The lowest BCUT2D eigenvalue weighted by molar-refractivity contribution is -0.125. The van der Waals surface area contributed by atoms with Gasteiger partial charge >= 0.3 is 0 Å². The van der Waals surface area contributed by atoms with Crippen LogP contribution in [0.3, 0.4) is 0 Å². The molecule has 0 rings (SSSR count). The molecule has 0 saturated carbocycles. The van der Waals surface area contributed by atoms with Crippen LogP contribution >= 0.6 is 79.6 Å². The Morgan fingerprint density at radius 2 is 1.33 bits per heavy atom. The summed E-state index contributed by atoms with van der Waals surface area (Å²) in [5.74, 6) is -1.36. The fourth-order valence-corrected chi connectivity index (χ4v) is 3.37. The predicted octanol–water partition coefficient (Wildman–Crippen LogP) is 2.37. The summed E-state index contributed by atoms with van der Waals surface area (Å²) < 4.78 is -2.74. The van der Waals surface area contributed by atoms with Crippen LogP contribution in [0.25, 0.3) is 0 Å². The Kier molecular flexibility index (Phi) is 4.94. The van der Waals surface area contributed by atoms with Crippen LogP contribution in [0.2, 0.25) is 0 Å². The minimum atomic E-state index is -1.57. The first-order chi connectivity index (χ1) is 5.10. The summed E-state index contributed by atoms with van der Waals surface area (Å²) in [6, 6.07) is 0. The van der Waals surface area contributed by atoms with E-state index in [1.54, 1.807) is 0 Å². The van der Waals surface area contributed by atoms with Crippen LogP contribution in [0.4, 0.5) is 0 Å². The van der Waals surface area contributed by atoms with E-state index in [1.807, 2.05) is 0 Å². The fraction of sp³-hybridized carbons (Fsp3) is 0.500. The molecule has 8 heteroatoms. The van der Waals surface area contributed by atoms with Gasteiger partial charge in [-0.1, -0.05) is 79.6 Å². The van der Waals surface area contributed by atoms with Gasteiger partial charge in [-0.3, -0.25) is 9.59 Å². The Bertz CT molecular complexity index is 220. The van der Waals surface area contributed by atoms with Gasteiger partial charge in [-0.2, -0.15) is 0 Å². The third-order valence-electron chi connectivity index (χ3n) is 0.852. The number of amides is 1. The lowest BCUT2D eigenvalue weighted by atomic mass is 10.3. The Labute approximate surface area is 111 Å². The Morgan fingerprint density at radius 3 is 1.42 bits per heavy atom. The lowest BCUT2D eigenvalue weighted by Crippen LogP contribution is -2.45. The zero-order valence-corrected chi connectivity index (χ0v) is 13.2. The molecule has 3 nitrogen and oxygen atoms in total. The summed E-state index contributed by atoms with van der Waals surface area (Å²) in [6.45, 7) is 0. The van der Waals surface area contributed by atoms with Gasteiger partial charge in [0, 0.05) is 0 Å². The first-order valence-electron chi connectivity index (χ1n) is 2.39. The van der Waals surface area contributed by atoms with E-state index in [0.29, 0.717) is 0 Å². The Balaban J connectivity index is 4.83.